The monoisotopic (exact) mass is 423 g/mol. The van der Waals surface area contributed by atoms with Crippen LogP contribution in [0, 0.1) is 0 Å². The van der Waals surface area contributed by atoms with Gasteiger partial charge >= 0.3 is 0 Å². The highest BCUT2D eigenvalue weighted by molar-refractivity contribution is 6.46. The van der Waals surface area contributed by atoms with Crippen molar-refractivity contribution in [2.24, 2.45) is 0 Å². The minimum absolute atomic E-state index is 0.102. The van der Waals surface area contributed by atoms with Gasteiger partial charge in [0.05, 0.1) is 24.8 Å². The normalized spacial score (nSPS) is 17.8. The Morgan fingerprint density at radius 1 is 0.903 bits per heavy atom. The van der Waals surface area contributed by atoms with E-state index in [2.05, 4.69) is 0 Å². The minimum Gasteiger partial charge on any atom is -0.507 e. The van der Waals surface area contributed by atoms with Crippen LogP contribution < -0.4 is 9.47 Å². The number of aliphatic hydroxyl groups excluding tert-OH is 1. The Bertz CT molecular complexity index is 947. The molecule has 0 bridgehead atoms. The molecule has 1 saturated heterocycles. The van der Waals surface area contributed by atoms with Crippen molar-refractivity contribution in [1.82, 2.24) is 4.90 Å². The molecule has 6 nitrogen and oxygen atoms in total. The molecule has 31 heavy (non-hydrogen) atoms. The molecule has 1 atom stereocenters. The summed E-state index contributed by atoms with van der Waals surface area (Å²) in [7, 11) is 0. The second-order valence-corrected chi connectivity index (χ2v) is 7.37. The average molecular weight is 424 g/mol. The molecular formula is C25H29NO5. The lowest BCUT2D eigenvalue weighted by Crippen LogP contribution is -2.30. The Morgan fingerprint density at radius 2 is 1.52 bits per heavy atom. The third-order valence-corrected chi connectivity index (χ3v) is 5.11. The summed E-state index contributed by atoms with van der Waals surface area (Å²) in [5.41, 5.74) is 1.32. The number of carbonyl (C=O) groups is 2. The van der Waals surface area contributed by atoms with E-state index < -0.39 is 17.7 Å². The van der Waals surface area contributed by atoms with Gasteiger partial charge in [-0.3, -0.25) is 9.59 Å². The molecule has 1 N–H and O–H groups in total. The van der Waals surface area contributed by atoms with Crippen LogP contribution in [-0.2, 0) is 9.59 Å². The van der Waals surface area contributed by atoms with Crippen molar-refractivity contribution >= 4 is 17.4 Å². The van der Waals surface area contributed by atoms with Crippen molar-refractivity contribution in [3.63, 3.8) is 0 Å². The van der Waals surface area contributed by atoms with Crippen LogP contribution in [0.3, 0.4) is 0 Å². The zero-order valence-corrected chi connectivity index (χ0v) is 18.3. The summed E-state index contributed by atoms with van der Waals surface area (Å²) in [6.45, 7) is 7.44. The van der Waals surface area contributed by atoms with Gasteiger partial charge in [0.15, 0.2) is 0 Å². The fourth-order valence-electron chi connectivity index (χ4n) is 3.70. The Labute approximate surface area is 183 Å². The molecule has 0 saturated carbocycles. The summed E-state index contributed by atoms with van der Waals surface area (Å²) in [5.74, 6) is -0.0487. The molecule has 0 radical (unpaired) electrons. The van der Waals surface area contributed by atoms with Crippen LogP contribution in [0.5, 0.6) is 11.5 Å². The summed E-state index contributed by atoms with van der Waals surface area (Å²) >= 11 is 0. The standard InChI is InChI=1S/C25H29NO5/c1-4-15-26-22(17-7-11-20(12-8-17)31-16-5-2)21(24(28)25(26)29)23(27)18-9-13-19(14-10-18)30-6-3/h7-14,22,27H,4-6,15-16H2,1-3H3/b23-21-. The molecule has 0 spiro atoms. The van der Waals surface area contributed by atoms with E-state index in [0.29, 0.717) is 37.5 Å². The van der Waals surface area contributed by atoms with Gasteiger partial charge in [-0.2, -0.15) is 0 Å². The van der Waals surface area contributed by atoms with Crippen LogP contribution in [0.1, 0.15) is 50.8 Å². The maximum atomic E-state index is 12.9. The van der Waals surface area contributed by atoms with Crippen LogP contribution in [0.25, 0.3) is 5.76 Å². The molecule has 1 amide bonds. The van der Waals surface area contributed by atoms with E-state index in [1.165, 1.54) is 4.90 Å². The summed E-state index contributed by atoms with van der Waals surface area (Å²) in [6, 6.07) is 13.5. The zero-order valence-electron chi connectivity index (χ0n) is 18.3. The largest absolute Gasteiger partial charge is 0.507 e. The molecule has 1 aliphatic heterocycles. The van der Waals surface area contributed by atoms with Crippen molar-refractivity contribution in [2.45, 2.75) is 39.7 Å². The first kappa shape index (κ1) is 22.4. The molecule has 1 aliphatic rings. The minimum atomic E-state index is -0.670. The molecular weight excluding hydrogens is 394 g/mol. The average Bonchev–Trinajstić information content (AvgIpc) is 3.03. The van der Waals surface area contributed by atoms with Gasteiger partial charge in [0.2, 0.25) is 0 Å². The molecule has 3 rings (SSSR count). The Kier molecular flexibility index (Phi) is 7.34. The van der Waals surface area contributed by atoms with E-state index >= 15 is 0 Å². The van der Waals surface area contributed by atoms with Crippen molar-refractivity contribution in [3.05, 3.63) is 65.2 Å². The van der Waals surface area contributed by atoms with Gasteiger partial charge < -0.3 is 19.5 Å². The second kappa shape index (κ2) is 10.2. The topological polar surface area (TPSA) is 76.1 Å². The number of carbonyl (C=O) groups excluding carboxylic acids is 2. The van der Waals surface area contributed by atoms with Crippen molar-refractivity contribution in [3.8, 4) is 11.5 Å². The summed E-state index contributed by atoms with van der Waals surface area (Å²) in [4.78, 5) is 27.2. The van der Waals surface area contributed by atoms with Crippen LogP contribution in [0.15, 0.2) is 54.1 Å². The Balaban J connectivity index is 2.03. The number of aliphatic hydroxyl groups is 1. The first-order valence-electron chi connectivity index (χ1n) is 10.8. The number of hydrogen-bond donors (Lipinski definition) is 1. The summed E-state index contributed by atoms with van der Waals surface area (Å²) in [6.07, 6.45) is 1.60. The third kappa shape index (κ3) is 4.74. The van der Waals surface area contributed by atoms with E-state index in [4.69, 9.17) is 9.47 Å². The number of nitrogens with zero attached hydrogens (tertiary/aromatic N) is 1. The van der Waals surface area contributed by atoms with Gasteiger partial charge in [-0.15, -0.1) is 0 Å². The number of hydrogen-bond acceptors (Lipinski definition) is 5. The van der Waals surface area contributed by atoms with Gasteiger partial charge in [0, 0.05) is 12.1 Å². The van der Waals surface area contributed by atoms with E-state index in [0.717, 1.165) is 17.7 Å². The highest BCUT2D eigenvalue weighted by atomic mass is 16.5. The van der Waals surface area contributed by atoms with Gasteiger partial charge in [-0.05, 0) is 61.7 Å². The lowest BCUT2D eigenvalue weighted by molar-refractivity contribution is -0.139. The highest BCUT2D eigenvalue weighted by Gasteiger charge is 2.45. The van der Waals surface area contributed by atoms with E-state index in [-0.39, 0.29) is 11.3 Å². The number of ether oxygens (including phenoxy) is 2. The van der Waals surface area contributed by atoms with Crippen LogP contribution in [0.4, 0.5) is 0 Å². The summed E-state index contributed by atoms with van der Waals surface area (Å²) < 4.78 is 11.1. The van der Waals surface area contributed by atoms with Gasteiger partial charge in [-0.1, -0.05) is 26.0 Å². The molecule has 2 aromatic rings. The van der Waals surface area contributed by atoms with E-state index in [1.54, 1.807) is 24.3 Å². The molecule has 164 valence electrons. The SMILES string of the molecule is CCCOc1ccc(C2/C(=C(/O)c3ccc(OCC)cc3)C(=O)C(=O)N2CCC)cc1. The lowest BCUT2D eigenvalue weighted by Gasteiger charge is -2.25. The van der Waals surface area contributed by atoms with Gasteiger partial charge in [0.25, 0.3) is 11.7 Å². The van der Waals surface area contributed by atoms with Gasteiger partial charge in [-0.25, -0.2) is 0 Å². The van der Waals surface area contributed by atoms with Crippen molar-refractivity contribution < 1.29 is 24.2 Å². The number of benzene rings is 2. The number of rotatable bonds is 9. The molecule has 2 aromatic carbocycles. The smallest absolute Gasteiger partial charge is 0.295 e. The predicted molar refractivity (Wildman–Crippen MR) is 119 cm³/mol. The van der Waals surface area contributed by atoms with Crippen LogP contribution in [-0.4, -0.2) is 41.5 Å². The number of ketones is 1. The first-order valence-corrected chi connectivity index (χ1v) is 10.8. The van der Waals surface area contributed by atoms with Crippen LogP contribution >= 0.6 is 0 Å². The van der Waals surface area contributed by atoms with Crippen LogP contribution in [0.2, 0.25) is 0 Å². The molecule has 1 unspecified atom stereocenters. The molecule has 1 fully saturated rings. The third-order valence-electron chi connectivity index (χ3n) is 5.11. The molecule has 1 heterocycles. The van der Waals surface area contributed by atoms with Gasteiger partial charge in [0.1, 0.15) is 17.3 Å². The molecule has 0 aromatic heterocycles. The van der Waals surface area contributed by atoms with Crippen molar-refractivity contribution in [1.29, 1.82) is 0 Å². The van der Waals surface area contributed by atoms with Crippen molar-refractivity contribution in [2.75, 3.05) is 19.8 Å². The summed E-state index contributed by atoms with van der Waals surface area (Å²) in [5, 5.41) is 11.0. The molecule has 6 heteroatoms. The second-order valence-electron chi connectivity index (χ2n) is 7.37. The lowest BCUT2D eigenvalue weighted by atomic mass is 9.95. The fourth-order valence-corrected chi connectivity index (χ4v) is 3.70. The van der Waals surface area contributed by atoms with E-state index in [1.807, 2.05) is 45.0 Å². The fraction of sp³-hybridized carbons (Fsp3) is 0.360. The quantitative estimate of drug-likeness (QED) is 0.359. The number of Topliss-reactive ketones (excluding diaryl/α,β-unsaturated/α-hetero) is 1. The first-order chi connectivity index (χ1) is 15.0. The predicted octanol–water partition coefficient (Wildman–Crippen LogP) is 4.71. The zero-order chi connectivity index (χ0) is 22.4. The number of likely N-dealkylation sites (tertiary alicyclic amines) is 1. The molecule has 0 aliphatic carbocycles. The van der Waals surface area contributed by atoms with E-state index in [9.17, 15) is 14.7 Å². The Hall–Kier alpha value is -3.28. The number of amides is 1. The maximum Gasteiger partial charge on any atom is 0.295 e. The Morgan fingerprint density at radius 3 is 2.10 bits per heavy atom. The highest BCUT2D eigenvalue weighted by Crippen LogP contribution is 2.40. The maximum absolute atomic E-state index is 12.9.